The van der Waals surface area contributed by atoms with Crippen molar-refractivity contribution in [1.29, 1.82) is 5.26 Å². The van der Waals surface area contributed by atoms with E-state index in [1.54, 1.807) is 0 Å². The molecule has 1 aliphatic rings. The molecule has 0 aromatic rings. The predicted octanol–water partition coefficient (Wildman–Crippen LogP) is 0.0485. The number of nitrogens with one attached hydrogen (secondary N) is 1. The van der Waals surface area contributed by atoms with E-state index in [4.69, 9.17) is 15.2 Å². The van der Waals surface area contributed by atoms with Crippen LogP contribution in [0.15, 0.2) is 0 Å². The predicted molar refractivity (Wildman–Crippen MR) is 48.6 cm³/mol. The standard InChI is InChI=1S/C6H11N3.C2HF3O2/c7-1-4-9-5-2-8-3-6-9;3-2(4,5)1(6)7/h8H,2-6H2;(H,6,7). The van der Waals surface area contributed by atoms with Crippen molar-refractivity contribution >= 4 is 5.97 Å². The van der Waals surface area contributed by atoms with Gasteiger partial charge in [0.1, 0.15) is 0 Å². The number of rotatable bonds is 1. The van der Waals surface area contributed by atoms with Gasteiger partial charge in [-0.05, 0) is 0 Å². The van der Waals surface area contributed by atoms with E-state index < -0.39 is 12.1 Å². The quantitative estimate of drug-likeness (QED) is 0.632. The van der Waals surface area contributed by atoms with Crippen molar-refractivity contribution in [3.63, 3.8) is 0 Å². The SMILES string of the molecule is N#CCN1CCNCC1.O=C(O)C(F)(F)F. The molecule has 0 aromatic carbocycles. The average molecular weight is 239 g/mol. The van der Waals surface area contributed by atoms with Crippen LogP contribution in [0.4, 0.5) is 13.2 Å². The molecule has 1 saturated heterocycles. The van der Waals surface area contributed by atoms with E-state index in [0.29, 0.717) is 6.54 Å². The zero-order valence-electron chi connectivity index (χ0n) is 8.42. The van der Waals surface area contributed by atoms with Crippen molar-refractivity contribution in [2.24, 2.45) is 0 Å². The largest absolute Gasteiger partial charge is 0.490 e. The van der Waals surface area contributed by atoms with Gasteiger partial charge >= 0.3 is 12.1 Å². The first-order chi connectivity index (χ1) is 7.38. The van der Waals surface area contributed by atoms with Crippen LogP contribution in [0.25, 0.3) is 0 Å². The maximum Gasteiger partial charge on any atom is 0.490 e. The number of nitrogens with zero attached hydrogens (tertiary/aromatic N) is 2. The van der Waals surface area contributed by atoms with E-state index >= 15 is 0 Å². The van der Waals surface area contributed by atoms with Gasteiger partial charge in [-0.25, -0.2) is 4.79 Å². The van der Waals surface area contributed by atoms with E-state index in [-0.39, 0.29) is 0 Å². The van der Waals surface area contributed by atoms with E-state index in [1.807, 2.05) is 0 Å². The number of carbonyl (C=O) groups is 1. The summed E-state index contributed by atoms with van der Waals surface area (Å²) in [7, 11) is 0. The second-order valence-corrected chi connectivity index (χ2v) is 2.99. The van der Waals surface area contributed by atoms with Gasteiger partial charge in [0, 0.05) is 26.2 Å². The topological polar surface area (TPSA) is 76.4 Å². The Kier molecular flexibility index (Phi) is 6.44. The first kappa shape index (κ1) is 14.7. The molecule has 1 heterocycles. The van der Waals surface area contributed by atoms with Crippen LogP contribution < -0.4 is 5.32 Å². The Morgan fingerprint density at radius 3 is 2.19 bits per heavy atom. The third-order valence-electron chi connectivity index (χ3n) is 1.75. The number of aliphatic carboxylic acids is 1. The monoisotopic (exact) mass is 239 g/mol. The molecule has 1 rings (SSSR count). The maximum atomic E-state index is 10.6. The zero-order valence-corrected chi connectivity index (χ0v) is 8.42. The van der Waals surface area contributed by atoms with Crippen LogP contribution in [0.5, 0.6) is 0 Å². The second-order valence-electron chi connectivity index (χ2n) is 2.99. The Morgan fingerprint density at radius 2 is 1.88 bits per heavy atom. The summed E-state index contributed by atoms with van der Waals surface area (Å²) < 4.78 is 31.7. The van der Waals surface area contributed by atoms with Crippen molar-refractivity contribution in [2.75, 3.05) is 32.7 Å². The minimum atomic E-state index is -5.08. The van der Waals surface area contributed by atoms with Gasteiger partial charge in [0.15, 0.2) is 0 Å². The molecule has 2 N–H and O–H groups in total. The lowest BCUT2D eigenvalue weighted by Gasteiger charge is -2.24. The van der Waals surface area contributed by atoms with Gasteiger partial charge in [-0.3, -0.25) is 4.90 Å². The van der Waals surface area contributed by atoms with Crippen LogP contribution in [0.1, 0.15) is 0 Å². The van der Waals surface area contributed by atoms with E-state index in [0.717, 1.165) is 26.2 Å². The molecule has 1 aliphatic heterocycles. The zero-order chi connectivity index (χ0) is 12.6. The van der Waals surface area contributed by atoms with E-state index in [2.05, 4.69) is 16.3 Å². The Balaban J connectivity index is 0.000000293. The van der Waals surface area contributed by atoms with Gasteiger partial charge in [0.25, 0.3) is 0 Å². The summed E-state index contributed by atoms with van der Waals surface area (Å²) in [6.45, 7) is 4.69. The number of alkyl halides is 3. The highest BCUT2D eigenvalue weighted by Gasteiger charge is 2.38. The number of hydrogen-bond acceptors (Lipinski definition) is 4. The molecule has 0 amide bonds. The molecule has 8 heteroatoms. The number of carboxylic acid groups (broad SMARTS) is 1. The highest BCUT2D eigenvalue weighted by atomic mass is 19.4. The molecule has 1 fully saturated rings. The van der Waals surface area contributed by atoms with Gasteiger partial charge in [-0.15, -0.1) is 0 Å². The average Bonchev–Trinajstić information content (AvgIpc) is 2.19. The minimum Gasteiger partial charge on any atom is -0.475 e. The van der Waals surface area contributed by atoms with E-state index in [1.165, 1.54) is 0 Å². The normalized spacial score (nSPS) is 16.9. The summed E-state index contributed by atoms with van der Waals surface area (Å²) in [4.78, 5) is 11.0. The molecule has 5 nitrogen and oxygen atoms in total. The molecule has 92 valence electrons. The van der Waals surface area contributed by atoms with Crippen molar-refractivity contribution in [1.82, 2.24) is 10.2 Å². The molecule has 0 atom stereocenters. The number of hydrogen-bond donors (Lipinski definition) is 2. The fourth-order valence-electron chi connectivity index (χ4n) is 0.969. The Bertz CT molecular complexity index is 256. The van der Waals surface area contributed by atoms with Gasteiger partial charge < -0.3 is 10.4 Å². The van der Waals surface area contributed by atoms with Gasteiger partial charge in [0.2, 0.25) is 0 Å². The summed E-state index contributed by atoms with van der Waals surface area (Å²) in [6, 6.07) is 2.14. The smallest absolute Gasteiger partial charge is 0.475 e. The number of halogens is 3. The van der Waals surface area contributed by atoms with Crippen molar-refractivity contribution in [3.05, 3.63) is 0 Å². The summed E-state index contributed by atoms with van der Waals surface area (Å²) in [5.74, 6) is -2.76. The fraction of sp³-hybridized carbons (Fsp3) is 0.750. The summed E-state index contributed by atoms with van der Waals surface area (Å²) in [5.41, 5.74) is 0. The minimum absolute atomic E-state index is 0.585. The Labute approximate surface area is 90.4 Å². The molecule has 0 bridgehead atoms. The van der Waals surface area contributed by atoms with Crippen LogP contribution in [-0.2, 0) is 4.79 Å². The fourth-order valence-corrected chi connectivity index (χ4v) is 0.969. The number of piperazine rings is 1. The lowest BCUT2D eigenvalue weighted by molar-refractivity contribution is -0.192. The summed E-state index contributed by atoms with van der Waals surface area (Å²) in [5, 5.41) is 18.7. The molecule has 0 aliphatic carbocycles. The Hall–Kier alpha value is -1.33. The van der Waals surface area contributed by atoms with Crippen LogP contribution in [0, 0.1) is 11.3 Å². The van der Waals surface area contributed by atoms with E-state index in [9.17, 15) is 13.2 Å². The van der Waals surface area contributed by atoms with Crippen LogP contribution in [0.3, 0.4) is 0 Å². The molecular formula is C8H12F3N3O2. The van der Waals surface area contributed by atoms with Gasteiger partial charge in [-0.2, -0.15) is 18.4 Å². The lowest BCUT2D eigenvalue weighted by Crippen LogP contribution is -2.43. The van der Waals surface area contributed by atoms with Crippen LogP contribution >= 0.6 is 0 Å². The first-order valence-electron chi connectivity index (χ1n) is 4.48. The number of carboxylic acids is 1. The molecular weight excluding hydrogens is 227 g/mol. The molecule has 0 unspecified atom stereocenters. The van der Waals surface area contributed by atoms with Gasteiger partial charge in [-0.1, -0.05) is 0 Å². The van der Waals surface area contributed by atoms with Crippen LogP contribution in [0.2, 0.25) is 0 Å². The highest BCUT2D eigenvalue weighted by molar-refractivity contribution is 5.73. The third-order valence-corrected chi connectivity index (χ3v) is 1.75. The maximum absolute atomic E-state index is 10.6. The van der Waals surface area contributed by atoms with Crippen LogP contribution in [-0.4, -0.2) is 54.9 Å². The van der Waals surface area contributed by atoms with Crippen molar-refractivity contribution in [2.45, 2.75) is 6.18 Å². The summed E-state index contributed by atoms with van der Waals surface area (Å²) >= 11 is 0. The third kappa shape index (κ3) is 7.03. The molecule has 16 heavy (non-hydrogen) atoms. The van der Waals surface area contributed by atoms with Crippen molar-refractivity contribution in [3.8, 4) is 6.07 Å². The second kappa shape index (κ2) is 7.03. The Morgan fingerprint density at radius 1 is 1.44 bits per heavy atom. The first-order valence-corrected chi connectivity index (χ1v) is 4.48. The van der Waals surface area contributed by atoms with Gasteiger partial charge in [0.05, 0.1) is 12.6 Å². The number of nitriles is 1. The molecule has 0 spiro atoms. The van der Waals surface area contributed by atoms with Crippen molar-refractivity contribution < 1.29 is 23.1 Å². The molecule has 0 saturated carbocycles. The summed E-state index contributed by atoms with van der Waals surface area (Å²) in [6.07, 6.45) is -5.08. The molecule has 0 aromatic heterocycles. The lowest BCUT2D eigenvalue weighted by atomic mass is 10.4. The molecule has 0 radical (unpaired) electrons. The highest BCUT2D eigenvalue weighted by Crippen LogP contribution is 2.13.